The van der Waals surface area contributed by atoms with E-state index in [2.05, 4.69) is 12.2 Å². The molecule has 0 bridgehead atoms. The van der Waals surface area contributed by atoms with Crippen LogP contribution in [0.3, 0.4) is 0 Å². The molecule has 3 N–H and O–H groups in total. The molecule has 6 heteroatoms. The number of hydrogen-bond acceptors (Lipinski definition) is 5. The zero-order valence-corrected chi connectivity index (χ0v) is 18.5. The summed E-state index contributed by atoms with van der Waals surface area (Å²) in [6, 6.07) is 14.3. The molecular formula is C24H31ClN2O3. The monoisotopic (exact) mass is 430 g/mol. The van der Waals surface area contributed by atoms with Gasteiger partial charge in [0.15, 0.2) is 5.78 Å². The summed E-state index contributed by atoms with van der Waals surface area (Å²) in [4.78, 5) is 23.5. The van der Waals surface area contributed by atoms with Crippen molar-refractivity contribution in [2.75, 3.05) is 19.4 Å². The molecule has 1 fully saturated rings. The number of carbonyl (C=O) groups is 2. The van der Waals surface area contributed by atoms with E-state index in [9.17, 15) is 9.59 Å². The highest BCUT2D eigenvalue weighted by Gasteiger charge is 2.41. The van der Waals surface area contributed by atoms with E-state index in [-0.39, 0.29) is 11.8 Å². The van der Waals surface area contributed by atoms with E-state index in [1.165, 1.54) is 0 Å². The summed E-state index contributed by atoms with van der Waals surface area (Å²) in [5.41, 5.74) is 7.06. The fourth-order valence-corrected chi connectivity index (χ4v) is 3.83. The first-order valence-electron chi connectivity index (χ1n) is 10.4. The lowest BCUT2D eigenvalue weighted by molar-refractivity contribution is -0.127. The topological polar surface area (TPSA) is 81.4 Å². The highest BCUT2D eigenvalue weighted by atomic mass is 35.5. The quantitative estimate of drug-likeness (QED) is 0.377. The van der Waals surface area contributed by atoms with Crippen LogP contribution in [0.2, 0.25) is 5.02 Å². The predicted octanol–water partition coefficient (Wildman–Crippen LogP) is 5.12. The van der Waals surface area contributed by atoms with Gasteiger partial charge in [-0.15, -0.1) is 0 Å². The Hall–Kier alpha value is -2.37. The Labute approximate surface area is 183 Å². The average Bonchev–Trinajstić information content (AvgIpc) is 2.76. The fraction of sp³-hybridized carbons (Fsp3) is 0.417. The number of benzene rings is 2. The molecule has 162 valence electrons. The maximum Gasteiger partial charge on any atom is 0.338 e. The second-order valence-corrected chi connectivity index (χ2v) is 7.78. The summed E-state index contributed by atoms with van der Waals surface area (Å²) < 4.78 is 5.03. The van der Waals surface area contributed by atoms with E-state index >= 15 is 0 Å². The SMILES string of the molecule is CCCCOC(=O)c1ccc(N)cc1.CNC1(c2ccccc2Cl)CCCCC1=O. The van der Waals surface area contributed by atoms with Gasteiger partial charge in [-0.2, -0.15) is 0 Å². The number of rotatable bonds is 6. The summed E-state index contributed by atoms with van der Waals surface area (Å²) in [7, 11) is 1.84. The number of Topliss-reactive ketones (excluding diaryl/α,β-unsaturated/α-hetero) is 1. The molecule has 5 nitrogen and oxygen atoms in total. The van der Waals surface area contributed by atoms with Crippen LogP contribution in [0.15, 0.2) is 48.5 Å². The normalized spacial score (nSPS) is 18.3. The van der Waals surface area contributed by atoms with Crippen molar-refractivity contribution in [3.63, 3.8) is 0 Å². The summed E-state index contributed by atoms with van der Waals surface area (Å²) in [5, 5.41) is 3.86. The largest absolute Gasteiger partial charge is 0.462 e. The van der Waals surface area contributed by atoms with Crippen LogP contribution in [0, 0.1) is 0 Å². The number of nitrogen functional groups attached to an aromatic ring is 1. The summed E-state index contributed by atoms with van der Waals surface area (Å²) in [6.07, 6.45) is 5.47. The number of halogens is 1. The first kappa shape index (κ1) is 23.9. The third-order valence-electron chi connectivity index (χ3n) is 5.32. The molecule has 1 saturated carbocycles. The van der Waals surface area contributed by atoms with Gasteiger partial charge in [0, 0.05) is 17.1 Å². The van der Waals surface area contributed by atoms with Crippen molar-refractivity contribution in [3.05, 3.63) is 64.7 Å². The van der Waals surface area contributed by atoms with Crippen molar-refractivity contribution in [2.24, 2.45) is 0 Å². The maximum absolute atomic E-state index is 12.2. The average molecular weight is 431 g/mol. The molecule has 1 atom stereocenters. The Morgan fingerprint density at radius 3 is 2.47 bits per heavy atom. The van der Waals surface area contributed by atoms with Gasteiger partial charge < -0.3 is 15.8 Å². The number of anilines is 1. The molecule has 2 aromatic carbocycles. The molecule has 1 unspecified atom stereocenters. The molecule has 30 heavy (non-hydrogen) atoms. The molecule has 0 radical (unpaired) electrons. The number of nitrogens with two attached hydrogens (primary N) is 1. The van der Waals surface area contributed by atoms with E-state index in [1.54, 1.807) is 24.3 Å². The second-order valence-electron chi connectivity index (χ2n) is 7.38. The van der Waals surface area contributed by atoms with Crippen LogP contribution in [-0.2, 0) is 15.1 Å². The molecule has 3 rings (SSSR count). The first-order chi connectivity index (χ1) is 14.4. The van der Waals surface area contributed by atoms with Crippen LogP contribution in [0.5, 0.6) is 0 Å². The molecule has 1 aliphatic carbocycles. The lowest BCUT2D eigenvalue weighted by atomic mass is 9.75. The van der Waals surface area contributed by atoms with E-state index in [0.717, 1.165) is 37.7 Å². The van der Waals surface area contributed by atoms with Gasteiger partial charge in [0.2, 0.25) is 0 Å². The summed E-state index contributed by atoms with van der Waals surface area (Å²) in [5.74, 6) is -0.0206. The molecule has 0 amide bonds. The van der Waals surface area contributed by atoms with Crippen LogP contribution < -0.4 is 11.1 Å². The minimum absolute atomic E-state index is 0.259. The Bertz CT molecular complexity index is 839. The summed E-state index contributed by atoms with van der Waals surface area (Å²) >= 11 is 6.20. The lowest BCUT2D eigenvalue weighted by Crippen LogP contribution is -2.49. The highest BCUT2D eigenvalue weighted by Crippen LogP contribution is 2.37. The van der Waals surface area contributed by atoms with E-state index in [1.807, 2.05) is 31.3 Å². The third-order valence-corrected chi connectivity index (χ3v) is 5.65. The van der Waals surface area contributed by atoms with Crippen LogP contribution in [0.4, 0.5) is 5.69 Å². The molecule has 1 aliphatic rings. The zero-order valence-electron chi connectivity index (χ0n) is 17.7. The Balaban J connectivity index is 0.000000216. The third kappa shape index (κ3) is 6.07. The molecule has 2 aromatic rings. The second kappa shape index (κ2) is 11.7. The minimum atomic E-state index is -0.559. The van der Waals surface area contributed by atoms with Gasteiger partial charge in [-0.25, -0.2) is 4.79 Å². The smallest absolute Gasteiger partial charge is 0.338 e. The maximum atomic E-state index is 12.2. The van der Waals surface area contributed by atoms with Crippen molar-refractivity contribution in [1.29, 1.82) is 0 Å². The molecule has 0 aliphatic heterocycles. The summed E-state index contributed by atoms with van der Waals surface area (Å²) in [6.45, 7) is 2.54. The van der Waals surface area contributed by atoms with Gasteiger partial charge in [0.1, 0.15) is 5.54 Å². The van der Waals surface area contributed by atoms with Crippen LogP contribution in [-0.4, -0.2) is 25.4 Å². The number of likely N-dealkylation sites (N-methyl/N-ethyl adjacent to an activating group) is 1. The number of esters is 1. The van der Waals surface area contributed by atoms with Crippen molar-refractivity contribution < 1.29 is 14.3 Å². The van der Waals surface area contributed by atoms with Crippen LogP contribution >= 0.6 is 11.6 Å². The van der Waals surface area contributed by atoms with Gasteiger partial charge >= 0.3 is 5.97 Å². The number of ether oxygens (including phenoxy) is 1. The standard InChI is InChI=1S/C13H16ClNO.C11H15NO2/c1-15-13(9-5-4-8-12(13)16)10-6-2-3-7-11(10)14;1-2-3-8-14-11(13)9-4-6-10(12)7-5-9/h2-3,6-7,15H,4-5,8-9H2,1H3;4-7H,2-3,8,12H2,1H3. The van der Waals surface area contributed by atoms with E-state index in [0.29, 0.717) is 29.3 Å². The Kier molecular flexibility index (Phi) is 9.34. The fourth-order valence-electron chi connectivity index (χ4n) is 3.53. The number of unbranched alkanes of at least 4 members (excludes halogenated alkanes) is 1. The molecule has 0 spiro atoms. The van der Waals surface area contributed by atoms with Crippen molar-refractivity contribution in [2.45, 2.75) is 51.0 Å². The predicted molar refractivity (Wildman–Crippen MR) is 122 cm³/mol. The number of carbonyl (C=O) groups excluding carboxylic acids is 2. The van der Waals surface area contributed by atoms with Gasteiger partial charge in [-0.05, 0) is 62.2 Å². The van der Waals surface area contributed by atoms with Gasteiger partial charge in [-0.3, -0.25) is 4.79 Å². The van der Waals surface area contributed by atoms with Crippen molar-refractivity contribution in [1.82, 2.24) is 5.32 Å². The Morgan fingerprint density at radius 1 is 1.17 bits per heavy atom. The van der Waals surface area contributed by atoms with E-state index < -0.39 is 5.54 Å². The van der Waals surface area contributed by atoms with Crippen LogP contribution in [0.1, 0.15) is 61.4 Å². The molecule has 0 saturated heterocycles. The van der Waals surface area contributed by atoms with E-state index in [4.69, 9.17) is 22.1 Å². The molecule has 0 heterocycles. The van der Waals surface area contributed by atoms with Crippen LogP contribution in [0.25, 0.3) is 0 Å². The zero-order chi connectivity index (χ0) is 22.0. The number of hydrogen-bond donors (Lipinski definition) is 2. The highest BCUT2D eigenvalue weighted by molar-refractivity contribution is 6.31. The first-order valence-corrected chi connectivity index (χ1v) is 10.8. The minimum Gasteiger partial charge on any atom is -0.462 e. The number of nitrogens with one attached hydrogen (secondary N) is 1. The molecule has 0 aromatic heterocycles. The Morgan fingerprint density at radius 2 is 1.87 bits per heavy atom. The van der Waals surface area contributed by atoms with Gasteiger partial charge in [0.25, 0.3) is 0 Å². The van der Waals surface area contributed by atoms with Crippen molar-refractivity contribution in [3.8, 4) is 0 Å². The van der Waals surface area contributed by atoms with Crippen molar-refractivity contribution >= 4 is 29.0 Å². The van der Waals surface area contributed by atoms with Gasteiger partial charge in [-0.1, -0.05) is 49.6 Å². The van der Waals surface area contributed by atoms with Gasteiger partial charge in [0.05, 0.1) is 12.2 Å². The lowest BCUT2D eigenvalue weighted by Gasteiger charge is -2.36. The number of ketones is 1. The molecular weight excluding hydrogens is 400 g/mol.